The first-order chi connectivity index (χ1) is 13.9. The molecule has 0 N–H and O–H groups in total. The molecule has 0 atom stereocenters. The van der Waals surface area contributed by atoms with Crippen LogP contribution in [-0.2, 0) is 4.79 Å². The van der Waals surface area contributed by atoms with Crippen LogP contribution in [0.5, 0.6) is 0 Å². The second-order valence-corrected chi connectivity index (χ2v) is 8.10. The van der Waals surface area contributed by atoms with Crippen molar-refractivity contribution in [3.05, 3.63) is 82.5 Å². The summed E-state index contributed by atoms with van der Waals surface area (Å²) in [6, 6.07) is 17.3. The van der Waals surface area contributed by atoms with Gasteiger partial charge in [0.1, 0.15) is 11.5 Å². The number of aromatic carboxylic acids is 1. The average Bonchev–Trinajstić information content (AvgIpc) is 3.26. The Labute approximate surface area is 176 Å². The molecule has 0 radical (unpaired) electrons. The van der Waals surface area contributed by atoms with E-state index in [9.17, 15) is 14.7 Å². The van der Waals surface area contributed by atoms with Gasteiger partial charge in [0.2, 0.25) is 0 Å². The highest BCUT2D eigenvalue weighted by molar-refractivity contribution is 8.27. The Morgan fingerprint density at radius 1 is 1.14 bits per heavy atom. The SMILES string of the molecule is Cc1cccc(N2C(=O)/C(=C/c3ccc(-c4cccc(C(=O)[O-])c4)o3)SC2=S)c1. The smallest absolute Gasteiger partial charge is 0.270 e. The summed E-state index contributed by atoms with van der Waals surface area (Å²) in [5, 5.41) is 11.0. The molecule has 4 rings (SSSR count). The molecule has 1 fully saturated rings. The van der Waals surface area contributed by atoms with E-state index in [4.69, 9.17) is 16.6 Å². The van der Waals surface area contributed by atoms with Crippen molar-refractivity contribution >= 4 is 51.9 Å². The highest BCUT2D eigenvalue weighted by Crippen LogP contribution is 2.36. The summed E-state index contributed by atoms with van der Waals surface area (Å²) in [6.07, 6.45) is 1.64. The monoisotopic (exact) mass is 420 g/mol. The van der Waals surface area contributed by atoms with Gasteiger partial charge in [0.15, 0.2) is 4.32 Å². The number of furan rings is 1. The first-order valence-electron chi connectivity index (χ1n) is 8.68. The molecule has 5 nitrogen and oxygen atoms in total. The van der Waals surface area contributed by atoms with E-state index in [0.29, 0.717) is 26.3 Å². The number of nitrogens with zero attached hydrogens (tertiary/aromatic N) is 1. The Morgan fingerprint density at radius 2 is 1.93 bits per heavy atom. The van der Waals surface area contributed by atoms with Gasteiger partial charge in [-0.2, -0.15) is 0 Å². The van der Waals surface area contributed by atoms with Gasteiger partial charge in [-0.05, 0) is 48.4 Å². The van der Waals surface area contributed by atoms with Gasteiger partial charge >= 0.3 is 0 Å². The lowest BCUT2D eigenvalue weighted by Gasteiger charge is -2.14. The van der Waals surface area contributed by atoms with Gasteiger partial charge in [0, 0.05) is 11.6 Å². The zero-order chi connectivity index (χ0) is 20.5. The largest absolute Gasteiger partial charge is 0.545 e. The van der Waals surface area contributed by atoms with E-state index in [0.717, 1.165) is 11.3 Å². The van der Waals surface area contributed by atoms with Crippen molar-refractivity contribution in [2.75, 3.05) is 4.90 Å². The molecular weight excluding hydrogens is 406 g/mol. The summed E-state index contributed by atoms with van der Waals surface area (Å²) in [5.41, 5.74) is 2.45. The topological polar surface area (TPSA) is 73.6 Å². The summed E-state index contributed by atoms with van der Waals surface area (Å²) >= 11 is 6.60. The number of carboxylic acids is 1. The van der Waals surface area contributed by atoms with Crippen molar-refractivity contribution in [3.8, 4) is 11.3 Å². The summed E-state index contributed by atoms with van der Waals surface area (Å²) in [4.78, 5) is 25.9. The van der Waals surface area contributed by atoms with E-state index < -0.39 is 5.97 Å². The second kappa shape index (κ2) is 7.69. The van der Waals surface area contributed by atoms with Gasteiger partial charge in [-0.1, -0.05) is 54.3 Å². The van der Waals surface area contributed by atoms with E-state index in [1.807, 2.05) is 31.2 Å². The molecule has 0 spiro atoms. The summed E-state index contributed by atoms with van der Waals surface area (Å²) in [5.74, 6) is -0.488. The van der Waals surface area contributed by atoms with Crippen LogP contribution in [0.4, 0.5) is 5.69 Å². The molecular formula is C22H14NO4S2-. The van der Waals surface area contributed by atoms with Crippen LogP contribution in [0.15, 0.2) is 70.0 Å². The highest BCUT2D eigenvalue weighted by atomic mass is 32.2. The molecule has 7 heteroatoms. The molecule has 0 unspecified atom stereocenters. The van der Waals surface area contributed by atoms with Crippen LogP contribution in [0.1, 0.15) is 21.7 Å². The number of thiocarbonyl (C=S) groups is 1. The molecule has 1 saturated heterocycles. The van der Waals surface area contributed by atoms with E-state index >= 15 is 0 Å². The molecule has 29 heavy (non-hydrogen) atoms. The number of hydrogen-bond acceptors (Lipinski definition) is 6. The van der Waals surface area contributed by atoms with Gasteiger partial charge < -0.3 is 14.3 Å². The molecule has 1 aliphatic rings. The fraction of sp³-hybridized carbons (Fsp3) is 0.0455. The van der Waals surface area contributed by atoms with E-state index in [1.165, 1.54) is 28.8 Å². The number of carbonyl (C=O) groups excluding carboxylic acids is 2. The third kappa shape index (κ3) is 3.87. The lowest BCUT2D eigenvalue weighted by Crippen LogP contribution is -2.27. The second-order valence-electron chi connectivity index (χ2n) is 6.43. The van der Waals surface area contributed by atoms with Gasteiger partial charge in [-0.25, -0.2) is 0 Å². The standard InChI is InChI=1S/C22H15NO4S2/c1-13-4-2-7-16(10-13)23-20(24)19(29-22(23)28)12-17-8-9-18(27-17)14-5-3-6-15(11-14)21(25)26/h2-12H,1H3,(H,25,26)/p-1/b19-12-. The first kappa shape index (κ1) is 19.2. The fourth-order valence-corrected chi connectivity index (χ4v) is 4.25. The average molecular weight is 420 g/mol. The number of rotatable bonds is 4. The molecule has 2 aromatic carbocycles. The predicted octanol–water partition coefficient (Wildman–Crippen LogP) is 4.02. The van der Waals surface area contributed by atoms with Crippen molar-refractivity contribution in [1.29, 1.82) is 0 Å². The number of aryl methyl sites for hydroxylation is 1. The Hall–Kier alpha value is -3.16. The van der Waals surface area contributed by atoms with E-state index in [2.05, 4.69) is 0 Å². The molecule has 144 valence electrons. The van der Waals surface area contributed by atoms with Crippen molar-refractivity contribution in [2.45, 2.75) is 6.92 Å². The maximum atomic E-state index is 12.9. The van der Waals surface area contributed by atoms with Gasteiger partial charge in [-0.3, -0.25) is 9.69 Å². The number of anilines is 1. The summed E-state index contributed by atoms with van der Waals surface area (Å²) in [7, 11) is 0. The molecule has 0 aliphatic carbocycles. The maximum Gasteiger partial charge on any atom is 0.270 e. The number of hydrogen-bond donors (Lipinski definition) is 0. The molecule has 1 amide bonds. The van der Waals surface area contributed by atoms with E-state index in [1.54, 1.807) is 30.3 Å². The van der Waals surface area contributed by atoms with Crippen LogP contribution < -0.4 is 10.0 Å². The summed E-state index contributed by atoms with van der Waals surface area (Å²) in [6.45, 7) is 1.96. The number of carboxylic acid groups (broad SMARTS) is 1. The van der Waals surface area contributed by atoms with Crippen LogP contribution in [0.2, 0.25) is 0 Å². The van der Waals surface area contributed by atoms with Crippen molar-refractivity contribution in [3.63, 3.8) is 0 Å². The minimum absolute atomic E-state index is 0.0690. The van der Waals surface area contributed by atoms with Crippen LogP contribution in [0, 0.1) is 6.92 Å². The molecule has 1 aliphatic heterocycles. The molecule has 0 bridgehead atoms. The third-order valence-corrected chi connectivity index (χ3v) is 5.64. The number of amides is 1. The van der Waals surface area contributed by atoms with E-state index in [-0.39, 0.29) is 11.5 Å². The quantitative estimate of drug-likeness (QED) is 0.469. The minimum atomic E-state index is -1.25. The van der Waals surface area contributed by atoms with Crippen LogP contribution >= 0.6 is 24.0 Å². The van der Waals surface area contributed by atoms with Gasteiger partial charge in [0.25, 0.3) is 5.91 Å². The van der Waals surface area contributed by atoms with Gasteiger partial charge in [-0.15, -0.1) is 0 Å². The third-order valence-electron chi connectivity index (χ3n) is 4.34. The first-order valence-corrected chi connectivity index (χ1v) is 9.91. The lowest BCUT2D eigenvalue weighted by molar-refractivity contribution is -0.255. The Morgan fingerprint density at radius 3 is 2.69 bits per heavy atom. The zero-order valence-electron chi connectivity index (χ0n) is 15.2. The van der Waals surface area contributed by atoms with Crippen molar-refractivity contribution in [2.24, 2.45) is 0 Å². The minimum Gasteiger partial charge on any atom is -0.545 e. The Bertz CT molecular complexity index is 1180. The molecule has 1 aromatic heterocycles. The van der Waals surface area contributed by atoms with Crippen molar-refractivity contribution < 1.29 is 19.1 Å². The Balaban J connectivity index is 1.61. The molecule has 3 aromatic rings. The number of thioether (sulfide) groups is 1. The maximum absolute atomic E-state index is 12.9. The van der Waals surface area contributed by atoms with Gasteiger partial charge in [0.05, 0.1) is 16.6 Å². The number of carbonyl (C=O) groups is 2. The van der Waals surface area contributed by atoms with Crippen LogP contribution in [-0.4, -0.2) is 16.2 Å². The van der Waals surface area contributed by atoms with Crippen LogP contribution in [0.25, 0.3) is 17.4 Å². The predicted molar refractivity (Wildman–Crippen MR) is 115 cm³/mol. The lowest BCUT2D eigenvalue weighted by atomic mass is 10.1. The fourth-order valence-electron chi connectivity index (χ4n) is 2.97. The molecule has 2 heterocycles. The summed E-state index contributed by atoms with van der Waals surface area (Å²) < 4.78 is 6.25. The number of benzene rings is 2. The highest BCUT2D eigenvalue weighted by Gasteiger charge is 2.33. The Kier molecular flexibility index (Phi) is 5.08. The van der Waals surface area contributed by atoms with Crippen LogP contribution in [0.3, 0.4) is 0 Å². The zero-order valence-corrected chi connectivity index (χ0v) is 16.9. The molecule has 0 saturated carbocycles. The van der Waals surface area contributed by atoms with Crippen molar-refractivity contribution in [1.82, 2.24) is 0 Å². The normalized spacial score (nSPS) is 15.3.